The van der Waals surface area contributed by atoms with Crippen LogP contribution in [0, 0.1) is 18.3 Å². The number of aliphatic imine (C=N–C) groups is 1. The fraction of sp³-hybridized carbons (Fsp3) is 0.684. The van der Waals surface area contributed by atoms with Gasteiger partial charge in [0.05, 0.1) is 23.3 Å². The first kappa shape index (κ1) is 18.8. The number of hydrogen-bond donors (Lipinski definition) is 1. The highest BCUT2D eigenvalue weighted by Gasteiger charge is 2.46. The fourth-order valence-corrected chi connectivity index (χ4v) is 3.86. The van der Waals surface area contributed by atoms with Crippen LogP contribution in [0.15, 0.2) is 15.6 Å². The van der Waals surface area contributed by atoms with Crippen LogP contribution in [0.1, 0.15) is 57.9 Å². The highest BCUT2D eigenvalue weighted by molar-refractivity contribution is 6.09. The second-order valence-electron chi connectivity index (χ2n) is 8.46. The summed E-state index contributed by atoms with van der Waals surface area (Å²) in [6.07, 6.45) is 0.310. The lowest BCUT2D eigenvalue weighted by atomic mass is 9.86. The van der Waals surface area contributed by atoms with Gasteiger partial charge in [-0.2, -0.15) is 0 Å². The van der Waals surface area contributed by atoms with Gasteiger partial charge in [0, 0.05) is 31.2 Å². The smallest absolute Gasteiger partial charge is 0.251 e. The lowest BCUT2D eigenvalue weighted by Crippen LogP contribution is -2.44. The third-order valence-corrected chi connectivity index (χ3v) is 5.28. The molecular formula is C19H27N3O4. The van der Waals surface area contributed by atoms with Crippen LogP contribution in [0.3, 0.4) is 0 Å². The molecule has 0 aromatic carbocycles. The Bertz CT molecular complexity index is 750. The van der Waals surface area contributed by atoms with E-state index in [1.54, 1.807) is 11.0 Å². The van der Waals surface area contributed by atoms with E-state index in [4.69, 9.17) is 4.52 Å². The molecule has 1 N–H and O–H groups in total. The lowest BCUT2D eigenvalue weighted by molar-refractivity contribution is -0.134. The van der Waals surface area contributed by atoms with Crippen LogP contribution in [0.2, 0.25) is 0 Å². The van der Waals surface area contributed by atoms with Crippen LogP contribution in [-0.4, -0.2) is 51.4 Å². The molecule has 0 saturated carbocycles. The highest BCUT2D eigenvalue weighted by atomic mass is 16.5. The highest BCUT2D eigenvalue weighted by Crippen LogP contribution is 2.36. The van der Waals surface area contributed by atoms with Gasteiger partial charge < -0.3 is 14.5 Å². The third-order valence-electron chi connectivity index (χ3n) is 5.28. The molecule has 0 spiro atoms. The number of carbonyl (C=O) groups excluding carboxylic acids is 2. The normalized spacial score (nSPS) is 26.5. The Morgan fingerprint density at radius 3 is 2.62 bits per heavy atom. The van der Waals surface area contributed by atoms with Crippen LogP contribution in [0.25, 0.3) is 0 Å². The summed E-state index contributed by atoms with van der Waals surface area (Å²) < 4.78 is 5.36. The van der Waals surface area contributed by atoms with Crippen LogP contribution in [-0.2, 0) is 9.59 Å². The Balaban J connectivity index is 1.89. The van der Waals surface area contributed by atoms with Gasteiger partial charge in [-0.05, 0) is 12.8 Å². The predicted molar refractivity (Wildman–Crippen MR) is 95.8 cm³/mol. The van der Waals surface area contributed by atoms with Gasteiger partial charge >= 0.3 is 0 Å². The fourth-order valence-electron chi connectivity index (χ4n) is 3.86. The molecule has 1 fully saturated rings. The van der Waals surface area contributed by atoms with E-state index < -0.39 is 17.4 Å². The minimum Gasteiger partial charge on any atom is -0.391 e. The van der Waals surface area contributed by atoms with Gasteiger partial charge in [-0.3, -0.25) is 9.59 Å². The van der Waals surface area contributed by atoms with Gasteiger partial charge in [0.2, 0.25) is 5.91 Å². The number of aliphatic hydroxyl groups excluding tert-OH is 1. The van der Waals surface area contributed by atoms with Gasteiger partial charge in [-0.1, -0.05) is 32.9 Å². The third kappa shape index (κ3) is 3.32. The zero-order valence-corrected chi connectivity index (χ0v) is 16.0. The monoisotopic (exact) mass is 361 g/mol. The number of aromatic nitrogens is 1. The number of aliphatic hydroxyl groups is 1. The number of β-amino-alcohol motifs (C(OH)–C–C–N with tert-alkyl or cyclic N) is 1. The Hall–Kier alpha value is -2.02. The maximum absolute atomic E-state index is 13.3. The van der Waals surface area contributed by atoms with Crippen molar-refractivity contribution in [2.45, 2.75) is 65.5 Å². The van der Waals surface area contributed by atoms with Crippen molar-refractivity contribution in [1.29, 1.82) is 0 Å². The number of hydrogen-bond acceptors (Lipinski definition) is 5. The molecule has 7 nitrogen and oxygen atoms in total. The van der Waals surface area contributed by atoms with Crippen molar-refractivity contribution in [3.63, 3.8) is 0 Å². The standard InChI is InChI=1S/C19H27N3O4/c1-10(2)16(15-6-11(3)21-26-15)17(24)22-9-12(23)7-14(22)13-8-19(4,5)18(25)20-13/h6,10,12,14,16,23H,7-9H2,1-5H3/t12-,14-,16+/m1/s1. The van der Waals surface area contributed by atoms with Crippen molar-refractivity contribution < 1.29 is 19.2 Å². The van der Waals surface area contributed by atoms with Crippen LogP contribution in [0.5, 0.6) is 0 Å². The van der Waals surface area contributed by atoms with E-state index >= 15 is 0 Å². The van der Waals surface area contributed by atoms with Crippen molar-refractivity contribution in [2.24, 2.45) is 16.3 Å². The topological polar surface area (TPSA) is 96.0 Å². The minimum atomic E-state index is -0.616. The summed E-state index contributed by atoms with van der Waals surface area (Å²) in [6.45, 7) is 9.70. The van der Waals surface area contributed by atoms with Crippen LogP contribution >= 0.6 is 0 Å². The number of nitrogens with zero attached hydrogens (tertiary/aromatic N) is 3. The molecule has 26 heavy (non-hydrogen) atoms. The number of likely N-dealkylation sites (tertiary alicyclic amines) is 1. The molecule has 3 atom stereocenters. The molecule has 2 aliphatic heterocycles. The molecule has 0 radical (unpaired) electrons. The summed E-state index contributed by atoms with van der Waals surface area (Å²) in [5.41, 5.74) is 0.877. The maximum Gasteiger partial charge on any atom is 0.251 e. The zero-order valence-electron chi connectivity index (χ0n) is 16.0. The van der Waals surface area contributed by atoms with E-state index in [-0.39, 0.29) is 30.3 Å². The minimum absolute atomic E-state index is 0.0110. The molecule has 1 aromatic heterocycles. The van der Waals surface area contributed by atoms with E-state index in [0.717, 1.165) is 5.69 Å². The van der Waals surface area contributed by atoms with Crippen molar-refractivity contribution in [3.05, 3.63) is 17.5 Å². The Morgan fingerprint density at radius 2 is 2.12 bits per heavy atom. The maximum atomic E-state index is 13.3. The molecule has 3 heterocycles. The average Bonchev–Trinajstić information content (AvgIpc) is 3.18. The van der Waals surface area contributed by atoms with E-state index in [1.165, 1.54) is 0 Å². The molecule has 2 aliphatic rings. The van der Waals surface area contributed by atoms with Gasteiger partial charge in [0.15, 0.2) is 0 Å². The summed E-state index contributed by atoms with van der Waals surface area (Å²) in [5.74, 6) is -0.205. The van der Waals surface area contributed by atoms with E-state index in [9.17, 15) is 14.7 Å². The Kier molecular flexibility index (Phi) is 4.77. The van der Waals surface area contributed by atoms with Crippen molar-refractivity contribution in [3.8, 4) is 0 Å². The number of amides is 2. The Labute approximate surface area is 153 Å². The summed E-state index contributed by atoms with van der Waals surface area (Å²) in [6, 6.07) is 1.44. The first-order valence-electron chi connectivity index (χ1n) is 9.14. The molecule has 7 heteroatoms. The van der Waals surface area contributed by atoms with Crippen LogP contribution in [0.4, 0.5) is 0 Å². The molecule has 0 unspecified atom stereocenters. The van der Waals surface area contributed by atoms with Gasteiger partial charge in [-0.15, -0.1) is 0 Å². The molecule has 1 aromatic rings. The van der Waals surface area contributed by atoms with Crippen LogP contribution < -0.4 is 0 Å². The van der Waals surface area contributed by atoms with E-state index in [1.807, 2.05) is 34.6 Å². The first-order valence-corrected chi connectivity index (χ1v) is 9.14. The average molecular weight is 361 g/mol. The number of carbonyl (C=O) groups is 2. The second kappa shape index (κ2) is 6.61. The van der Waals surface area contributed by atoms with E-state index in [0.29, 0.717) is 24.3 Å². The molecule has 2 amide bonds. The second-order valence-corrected chi connectivity index (χ2v) is 8.46. The first-order chi connectivity index (χ1) is 12.1. The Morgan fingerprint density at radius 1 is 1.42 bits per heavy atom. The zero-order chi connectivity index (χ0) is 19.2. The summed E-state index contributed by atoms with van der Waals surface area (Å²) in [7, 11) is 0. The largest absolute Gasteiger partial charge is 0.391 e. The van der Waals surface area contributed by atoms with Crippen molar-refractivity contribution >= 4 is 17.5 Å². The summed E-state index contributed by atoms with van der Waals surface area (Å²) in [5, 5.41) is 14.1. The van der Waals surface area contributed by atoms with Gasteiger partial charge in [0.1, 0.15) is 11.7 Å². The predicted octanol–water partition coefficient (Wildman–Crippen LogP) is 2.08. The van der Waals surface area contributed by atoms with Crippen molar-refractivity contribution in [2.75, 3.05) is 6.54 Å². The molecule has 1 saturated heterocycles. The van der Waals surface area contributed by atoms with Gasteiger partial charge in [0.25, 0.3) is 5.91 Å². The van der Waals surface area contributed by atoms with Crippen molar-refractivity contribution in [1.82, 2.24) is 10.1 Å². The molecule has 0 bridgehead atoms. The molecular weight excluding hydrogens is 334 g/mol. The lowest BCUT2D eigenvalue weighted by Gasteiger charge is -2.29. The summed E-state index contributed by atoms with van der Waals surface area (Å²) in [4.78, 5) is 31.3. The summed E-state index contributed by atoms with van der Waals surface area (Å²) >= 11 is 0. The quantitative estimate of drug-likeness (QED) is 0.886. The van der Waals surface area contributed by atoms with E-state index in [2.05, 4.69) is 10.1 Å². The number of rotatable bonds is 4. The SMILES string of the molecule is Cc1cc([C@@H](C(=O)N2C[C@H](O)C[C@@H]2C2=NC(=O)C(C)(C)C2)C(C)C)on1. The molecule has 3 rings (SSSR count). The molecule has 0 aliphatic carbocycles. The number of aryl methyl sites for hydroxylation is 1. The molecule has 142 valence electrons. The van der Waals surface area contributed by atoms with Gasteiger partial charge in [-0.25, -0.2) is 4.99 Å².